The summed E-state index contributed by atoms with van der Waals surface area (Å²) >= 11 is 5.98. The van der Waals surface area contributed by atoms with Crippen molar-refractivity contribution in [3.63, 3.8) is 0 Å². The minimum Gasteiger partial charge on any atom is -0.383 e. The van der Waals surface area contributed by atoms with Crippen LogP contribution in [0.25, 0.3) is 0 Å². The molecular weight excluding hydrogens is 364 g/mol. The molecular formula is C13H20ClFN3O5P. The number of aromatic nitrogens is 2. The van der Waals surface area contributed by atoms with Crippen LogP contribution >= 0.6 is 19.2 Å². The van der Waals surface area contributed by atoms with Crippen molar-refractivity contribution in [3.8, 4) is 0 Å². The summed E-state index contributed by atoms with van der Waals surface area (Å²) in [5.41, 5.74) is 3.80. The van der Waals surface area contributed by atoms with E-state index in [0.29, 0.717) is 12.8 Å². The zero-order valence-corrected chi connectivity index (χ0v) is 15.0. The standard InChI is InChI=1S/C13H20ClFN3O5P/c1-21-24(20,22-2)9(15)7-13(8-14)5-3-11(23-13)18-6-4-10(16)17-12(18)19/h4,6,9,11H,3,5,7-8H2,1-2H3,(H2,16,17,19)/t9?,11?,13-/m0/s1. The molecule has 8 nitrogen and oxygen atoms in total. The molecule has 0 bridgehead atoms. The third-order valence-corrected chi connectivity index (χ3v) is 6.40. The summed E-state index contributed by atoms with van der Waals surface area (Å²) in [7, 11) is -1.66. The Kier molecular flexibility index (Phi) is 6.04. The monoisotopic (exact) mass is 383 g/mol. The fraction of sp³-hybridized carbons (Fsp3) is 0.692. The zero-order valence-electron chi connectivity index (χ0n) is 13.4. The molecule has 0 aromatic carbocycles. The number of ether oxygens (including phenoxy) is 1. The third kappa shape index (κ3) is 3.81. The highest BCUT2D eigenvalue weighted by Crippen LogP contribution is 2.56. The van der Waals surface area contributed by atoms with Gasteiger partial charge in [0.2, 0.25) is 5.91 Å². The smallest absolute Gasteiger partial charge is 0.364 e. The van der Waals surface area contributed by atoms with Gasteiger partial charge < -0.3 is 19.5 Å². The van der Waals surface area contributed by atoms with Crippen LogP contribution in [0.15, 0.2) is 17.1 Å². The number of alkyl halides is 2. The molecule has 0 radical (unpaired) electrons. The highest BCUT2D eigenvalue weighted by molar-refractivity contribution is 7.54. The Morgan fingerprint density at radius 2 is 2.29 bits per heavy atom. The lowest BCUT2D eigenvalue weighted by Gasteiger charge is -2.30. The normalized spacial score (nSPS) is 25.8. The second-order valence-electron chi connectivity index (χ2n) is 5.51. The molecule has 2 heterocycles. The van der Waals surface area contributed by atoms with Crippen molar-refractivity contribution in [2.24, 2.45) is 0 Å². The van der Waals surface area contributed by atoms with E-state index in [1.807, 2.05) is 0 Å². The zero-order chi connectivity index (χ0) is 18.0. The van der Waals surface area contributed by atoms with Gasteiger partial charge in [-0.05, 0) is 18.9 Å². The summed E-state index contributed by atoms with van der Waals surface area (Å²) in [6.45, 7) is 0. The van der Waals surface area contributed by atoms with E-state index in [4.69, 9.17) is 22.1 Å². The first-order valence-electron chi connectivity index (χ1n) is 7.23. The van der Waals surface area contributed by atoms with Crippen LogP contribution < -0.4 is 11.4 Å². The lowest BCUT2D eigenvalue weighted by molar-refractivity contribution is -0.0710. The van der Waals surface area contributed by atoms with E-state index in [1.165, 1.54) is 16.8 Å². The van der Waals surface area contributed by atoms with Gasteiger partial charge in [0.1, 0.15) is 12.0 Å². The predicted molar refractivity (Wildman–Crippen MR) is 86.9 cm³/mol. The average molecular weight is 384 g/mol. The molecule has 0 saturated carbocycles. The first-order valence-corrected chi connectivity index (χ1v) is 9.37. The predicted octanol–water partition coefficient (Wildman–Crippen LogP) is 2.28. The van der Waals surface area contributed by atoms with Crippen LogP contribution in [0.4, 0.5) is 10.2 Å². The van der Waals surface area contributed by atoms with E-state index in [2.05, 4.69) is 14.0 Å². The molecule has 2 rings (SSSR count). The Hall–Kier alpha value is -0.990. The molecule has 136 valence electrons. The van der Waals surface area contributed by atoms with E-state index < -0.39 is 31.0 Å². The van der Waals surface area contributed by atoms with Crippen molar-refractivity contribution < 1.29 is 22.7 Å². The summed E-state index contributed by atoms with van der Waals surface area (Å²) in [4.78, 5) is 15.5. The Balaban J connectivity index is 2.18. The van der Waals surface area contributed by atoms with Crippen molar-refractivity contribution >= 4 is 25.0 Å². The highest BCUT2D eigenvalue weighted by atomic mass is 35.5. The SMILES string of the molecule is COP(=O)(OC)C(F)C[C@]1(CCl)CCC(n2ccc(N)nc2=O)O1. The molecule has 0 spiro atoms. The number of nitrogen functional groups attached to an aromatic ring is 1. The van der Waals surface area contributed by atoms with E-state index >= 15 is 0 Å². The van der Waals surface area contributed by atoms with Crippen molar-refractivity contribution in [3.05, 3.63) is 22.7 Å². The molecule has 2 N–H and O–H groups in total. The van der Waals surface area contributed by atoms with Crippen LogP contribution in [0.2, 0.25) is 0 Å². The highest BCUT2D eigenvalue weighted by Gasteiger charge is 2.47. The van der Waals surface area contributed by atoms with Gasteiger partial charge in [0.15, 0.2) is 0 Å². The fourth-order valence-corrected chi connectivity index (χ4v) is 4.13. The Labute approximate surface area is 143 Å². The quantitative estimate of drug-likeness (QED) is 0.568. The van der Waals surface area contributed by atoms with Gasteiger partial charge in [0.25, 0.3) is 0 Å². The lowest BCUT2D eigenvalue weighted by Crippen LogP contribution is -2.36. The molecule has 11 heteroatoms. The molecule has 1 aromatic heterocycles. The minimum absolute atomic E-state index is 0.0332. The molecule has 1 aromatic rings. The summed E-state index contributed by atoms with van der Waals surface area (Å²) in [6.07, 6.45) is 1.34. The van der Waals surface area contributed by atoms with Crippen molar-refractivity contribution in [2.45, 2.75) is 37.0 Å². The largest absolute Gasteiger partial charge is 0.383 e. The molecule has 2 unspecified atom stereocenters. The maximum Gasteiger partial charge on any atom is 0.364 e. The first kappa shape index (κ1) is 19.3. The summed E-state index contributed by atoms with van der Waals surface area (Å²) in [5.74, 6) is -1.83. The van der Waals surface area contributed by atoms with E-state index in [-0.39, 0.29) is 18.1 Å². The summed E-state index contributed by atoms with van der Waals surface area (Å²) in [6, 6.07) is 1.47. The van der Waals surface area contributed by atoms with Crippen LogP contribution in [-0.4, -0.2) is 41.2 Å². The third-order valence-electron chi connectivity index (χ3n) is 4.03. The van der Waals surface area contributed by atoms with Crippen molar-refractivity contribution in [2.75, 3.05) is 25.8 Å². The summed E-state index contributed by atoms with van der Waals surface area (Å²) < 4.78 is 43.0. The Morgan fingerprint density at radius 3 is 2.83 bits per heavy atom. The van der Waals surface area contributed by atoms with Crippen molar-refractivity contribution in [1.29, 1.82) is 0 Å². The topological polar surface area (TPSA) is 106 Å². The number of hydrogen-bond acceptors (Lipinski definition) is 7. The number of rotatable bonds is 7. The molecule has 1 saturated heterocycles. The van der Waals surface area contributed by atoms with E-state index in [1.54, 1.807) is 0 Å². The van der Waals surface area contributed by atoms with Gasteiger partial charge in [-0.25, -0.2) is 9.18 Å². The average Bonchev–Trinajstić information content (AvgIpc) is 2.98. The lowest BCUT2D eigenvalue weighted by atomic mass is 9.99. The fourth-order valence-electron chi connectivity index (χ4n) is 2.66. The van der Waals surface area contributed by atoms with Gasteiger partial charge in [-0.1, -0.05) is 0 Å². The number of nitrogens with two attached hydrogens (primary N) is 1. The van der Waals surface area contributed by atoms with Crippen LogP contribution in [0, 0.1) is 0 Å². The second kappa shape index (κ2) is 7.49. The minimum atomic E-state index is -3.89. The molecule has 0 aliphatic carbocycles. The number of anilines is 1. The van der Waals surface area contributed by atoms with Gasteiger partial charge >= 0.3 is 13.3 Å². The van der Waals surface area contributed by atoms with Crippen LogP contribution in [0.1, 0.15) is 25.5 Å². The molecule has 0 amide bonds. The van der Waals surface area contributed by atoms with Gasteiger partial charge in [0, 0.05) is 26.8 Å². The molecule has 1 aliphatic heterocycles. The van der Waals surface area contributed by atoms with Gasteiger partial charge in [-0.3, -0.25) is 9.13 Å². The number of hydrogen-bond donors (Lipinski definition) is 1. The Morgan fingerprint density at radius 1 is 1.62 bits per heavy atom. The van der Waals surface area contributed by atoms with Crippen LogP contribution in [0.3, 0.4) is 0 Å². The van der Waals surface area contributed by atoms with Crippen LogP contribution in [-0.2, 0) is 18.3 Å². The van der Waals surface area contributed by atoms with Gasteiger partial charge in [0.05, 0.1) is 11.5 Å². The van der Waals surface area contributed by atoms with Gasteiger partial charge in [-0.2, -0.15) is 4.98 Å². The van der Waals surface area contributed by atoms with Gasteiger partial charge in [-0.15, -0.1) is 11.6 Å². The molecule has 3 atom stereocenters. The number of halogens is 2. The Bertz CT molecular complexity index is 682. The number of nitrogens with zero attached hydrogens (tertiary/aromatic N) is 2. The maximum absolute atomic E-state index is 14.4. The van der Waals surface area contributed by atoms with E-state index in [9.17, 15) is 13.8 Å². The first-order chi connectivity index (χ1) is 11.3. The molecule has 1 fully saturated rings. The van der Waals surface area contributed by atoms with E-state index in [0.717, 1.165) is 14.2 Å². The van der Waals surface area contributed by atoms with Crippen molar-refractivity contribution in [1.82, 2.24) is 9.55 Å². The molecule has 1 aliphatic rings. The molecule has 24 heavy (non-hydrogen) atoms. The maximum atomic E-state index is 14.4. The second-order valence-corrected chi connectivity index (χ2v) is 8.15. The summed E-state index contributed by atoms with van der Waals surface area (Å²) in [5, 5.41) is 0. The van der Waals surface area contributed by atoms with Crippen LogP contribution in [0.5, 0.6) is 0 Å².